The number of rotatable bonds is 4. The van der Waals surface area contributed by atoms with E-state index in [0.29, 0.717) is 12.2 Å². The van der Waals surface area contributed by atoms with E-state index in [2.05, 4.69) is 35.0 Å². The topological polar surface area (TPSA) is 26.3 Å². The minimum Gasteiger partial charge on any atom is -0.493 e. The van der Waals surface area contributed by atoms with Crippen molar-refractivity contribution in [1.82, 2.24) is 0 Å². The molecule has 1 saturated carbocycles. The first-order chi connectivity index (χ1) is 10.2. The quantitative estimate of drug-likeness (QED) is 0.785. The standard InChI is InChI=1S/C18H23BrO2/c1-2-12-4-3-5-13(8-12)17(20)11-15-10-16(19)9-14-6-7-21-18(14)15/h9-10,12-13H,2-8,11H2,1H3. The smallest absolute Gasteiger partial charge is 0.140 e. The minimum atomic E-state index is 0.264. The summed E-state index contributed by atoms with van der Waals surface area (Å²) in [7, 11) is 0. The van der Waals surface area contributed by atoms with Gasteiger partial charge in [-0.1, -0.05) is 42.1 Å². The third-order valence-corrected chi connectivity index (χ3v) is 5.46. The SMILES string of the molecule is CCC1CCCC(C(=O)Cc2cc(Br)cc3c2OCC3)C1. The Morgan fingerprint density at radius 3 is 3.05 bits per heavy atom. The van der Waals surface area contributed by atoms with E-state index >= 15 is 0 Å². The molecule has 1 fully saturated rings. The van der Waals surface area contributed by atoms with Gasteiger partial charge in [0.15, 0.2) is 0 Å². The highest BCUT2D eigenvalue weighted by atomic mass is 79.9. The Morgan fingerprint density at radius 1 is 1.38 bits per heavy atom. The highest BCUT2D eigenvalue weighted by molar-refractivity contribution is 9.10. The van der Waals surface area contributed by atoms with Gasteiger partial charge in [0.2, 0.25) is 0 Å². The van der Waals surface area contributed by atoms with Crippen LogP contribution in [0.25, 0.3) is 0 Å². The first-order valence-corrected chi connectivity index (χ1v) is 8.93. The predicted molar refractivity (Wildman–Crippen MR) is 87.8 cm³/mol. The molecule has 1 aromatic rings. The summed E-state index contributed by atoms with van der Waals surface area (Å²) in [5.41, 5.74) is 2.31. The van der Waals surface area contributed by atoms with Crippen LogP contribution in [0.15, 0.2) is 16.6 Å². The Morgan fingerprint density at radius 2 is 2.24 bits per heavy atom. The average Bonchev–Trinajstić information content (AvgIpc) is 2.95. The highest BCUT2D eigenvalue weighted by Crippen LogP contribution is 2.36. The van der Waals surface area contributed by atoms with E-state index in [0.717, 1.165) is 47.6 Å². The van der Waals surface area contributed by atoms with Crippen molar-refractivity contribution in [3.63, 3.8) is 0 Å². The van der Waals surface area contributed by atoms with Crippen molar-refractivity contribution in [2.75, 3.05) is 6.61 Å². The maximum Gasteiger partial charge on any atom is 0.140 e. The summed E-state index contributed by atoms with van der Waals surface area (Å²) in [6.07, 6.45) is 7.37. The van der Waals surface area contributed by atoms with Gasteiger partial charge in [0, 0.05) is 28.8 Å². The monoisotopic (exact) mass is 350 g/mol. The van der Waals surface area contributed by atoms with Crippen LogP contribution in [0, 0.1) is 11.8 Å². The predicted octanol–water partition coefficient (Wildman–Crippen LogP) is 4.71. The number of hydrogen-bond donors (Lipinski definition) is 0. The number of Topliss-reactive ketones (excluding diaryl/α,β-unsaturated/α-hetero) is 1. The fraction of sp³-hybridized carbons (Fsp3) is 0.611. The van der Waals surface area contributed by atoms with Crippen molar-refractivity contribution in [3.05, 3.63) is 27.7 Å². The largest absolute Gasteiger partial charge is 0.493 e. The van der Waals surface area contributed by atoms with Gasteiger partial charge in [-0.15, -0.1) is 0 Å². The van der Waals surface area contributed by atoms with Gasteiger partial charge in [-0.25, -0.2) is 0 Å². The summed E-state index contributed by atoms with van der Waals surface area (Å²) in [6.45, 7) is 2.99. The molecule has 1 aliphatic heterocycles. The number of ketones is 1. The van der Waals surface area contributed by atoms with Crippen LogP contribution in [0.5, 0.6) is 5.75 Å². The van der Waals surface area contributed by atoms with Crippen LogP contribution >= 0.6 is 15.9 Å². The Labute approximate surface area is 135 Å². The molecule has 2 unspecified atom stereocenters. The fourth-order valence-corrected chi connectivity index (χ4v) is 4.32. The second-order valence-electron chi connectivity index (χ2n) is 6.43. The summed E-state index contributed by atoms with van der Waals surface area (Å²) in [5.74, 6) is 2.38. The van der Waals surface area contributed by atoms with Gasteiger partial charge in [-0.2, -0.15) is 0 Å². The molecule has 0 radical (unpaired) electrons. The lowest BCUT2D eigenvalue weighted by Gasteiger charge is -2.27. The number of carbonyl (C=O) groups is 1. The van der Waals surface area contributed by atoms with Gasteiger partial charge in [0.25, 0.3) is 0 Å². The molecule has 0 saturated heterocycles. The molecule has 3 heteroatoms. The van der Waals surface area contributed by atoms with Crippen LogP contribution < -0.4 is 4.74 Å². The van der Waals surface area contributed by atoms with Crippen molar-refractivity contribution in [3.8, 4) is 5.75 Å². The molecule has 0 spiro atoms. The maximum atomic E-state index is 12.7. The molecule has 1 aliphatic carbocycles. The summed E-state index contributed by atoms with van der Waals surface area (Å²) in [6, 6.07) is 4.17. The molecular formula is C18H23BrO2. The Bertz CT molecular complexity index is 538. The first kappa shape index (κ1) is 15.1. The number of ether oxygens (including phenoxy) is 1. The van der Waals surface area contributed by atoms with Crippen molar-refractivity contribution >= 4 is 21.7 Å². The lowest BCUT2D eigenvalue weighted by Crippen LogP contribution is -2.24. The van der Waals surface area contributed by atoms with Gasteiger partial charge in [0.05, 0.1) is 6.61 Å². The zero-order chi connectivity index (χ0) is 14.8. The third kappa shape index (κ3) is 3.33. The molecule has 1 heterocycles. The molecule has 0 amide bonds. The summed E-state index contributed by atoms with van der Waals surface area (Å²) in [5, 5.41) is 0. The molecule has 0 bridgehead atoms. The van der Waals surface area contributed by atoms with Crippen molar-refractivity contribution in [1.29, 1.82) is 0 Å². The van der Waals surface area contributed by atoms with Crippen molar-refractivity contribution in [2.24, 2.45) is 11.8 Å². The van der Waals surface area contributed by atoms with E-state index in [9.17, 15) is 4.79 Å². The third-order valence-electron chi connectivity index (χ3n) is 5.01. The summed E-state index contributed by atoms with van der Waals surface area (Å²) >= 11 is 3.56. The average molecular weight is 351 g/mol. The van der Waals surface area contributed by atoms with Gasteiger partial charge in [-0.3, -0.25) is 4.79 Å². The van der Waals surface area contributed by atoms with Gasteiger partial charge in [0.1, 0.15) is 11.5 Å². The highest BCUT2D eigenvalue weighted by Gasteiger charge is 2.28. The zero-order valence-corrected chi connectivity index (χ0v) is 14.2. The number of halogens is 1. The lowest BCUT2D eigenvalue weighted by atomic mass is 9.77. The normalized spacial score (nSPS) is 24.5. The fourth-order valence-electron chi connectivity index (χ4n) is 3.76. The first-order valence-electron chi connectivity index (χ1n) is 8.14. The van der Waals surface area contributed by atoms with Crippen molar-refractivity contribution < 1.29 is 9.53 Å². The van der Waals surface area contributed by atoms with Crippen LogP contribution in [0.3, 0.4) is 0 Å². The summed E-state index contributed by atoms with van der Waals surface area (Å²) in [4.78, 5) is 12.7. The molecule has 0 N–H and O–H groups in total. The molecule has 21 heavy (non-hydrogen) atoms. The molecular weight excluding hydrogens is 328 g/mol. The number of benzene rings is 1. The molecule has 2 atom stereocenters. The minimum absolute atomic E-state index is 0.264. The number of fused-ring (bicyclic) bond motifs is 1. The molecule has 114 valence electrons. The van der Waals surface area contributed by atoms with Gasteiger partial charge < -0.3 is 4.74 Å². The van der Waals surface area contributed by atoms with E-state index in [1.165, 1.54) is 24.8 Å². The van der Waals surface area contributed by atoms with E-state index < -0.39 is 0 Å². The van der Waals surface area contributed by atoms with Crippen LogP contribution in [0.4, 0.5) is 0 Å². The molecule has 1 aromatic carbocycles. The van der Waals surface area contributed by atoms with Crippen LogP contribution in [0.2, 0.25) is 0 Å². The van der Waals surface area contributed by atoms with E-state index in [4.69, 9.17) is 4.74 Å². The second-order valence-corrected chi connectivity index (χ2v) is 7.35. The molecule has 2 nitrogen and oxygen atoms in total. The Balaban J connectivity index is 1.73. The molecule has 2 aliphatic rings. The van der Waals surface area contributed by atoms with Crippen LogP contribution in [0.1, 0.15) is 50.2 Å². The van der Waals surface area contributed by atoms with Crippen LogP contribution in [-0.2, 0) is 17.6 Å². The van der Waals surface area contributed by atoms with E-state index in [1.807, 2.05) is 0 Å². The van der Waals surface area contributed by atoms with Crippen molar-refractivity contribution in [2.45, 2.75) is 51.9 Å². The Hall–Kier alpha value is -0.830. The number of hydrogen-bond acceptors (Lipinski definition) is 2. The molecule has 3 rings (SSSR count). The zero-order valence-electron chi connectivity index (χ0n) is 12.7. The van der Waals surface area contributed by atoms with Gasteiger partial charge >= 0.3 is 0 Å². The molecule has 0 aromatic heterocycles. The lowest BCUT2D eigenvalue weighted by molar-refractivity contribution is -0.123. The second kappa shape index (κ2) is 6.51. The van der Waals surface area contributed by atoms with Crippen LogP contribution in [-0.4, -0.2) is 12.4 Å². The maximum absolute atomic E-state index is 12.7. The van der Waals surface area contributed by atoms with E-state index in [-0.39, 0.29) is 5.92 Å². The number of carbonyl (C=O) groups excluding carboxylic acids is 1. The Kier molecular flexibility index (Phi) is 4.68. The van der Waals surface area contributed by atoms with Gasteiger partial charge in [-0.05, 0) is 36.5 Å². The summed E-state index contributed by atoms with van der Waals surface area (Å²) < 4.78 is 6.80. The van der Waals surface area contributed by atoms with E-state index in [1.54, 1.807) is 0 Å².